The average molecular weight is 492 g/mol. The van der Waals surface area contributed by atoms with E-state index in [1.54, 1.807) is 7.11 Å². The Morgan fingerprint density at radius 2 is 1.58 bits per heavy atom. The van der Waals surface area contributed by atoms with E-state index < -0.39 is 0 Å². The number of hydrogen-bond donors (Lipinski definition) is 0. The second kappa shape index (κ2) is 12.9. The zero-order valence-electron chi connectivity index (χ0n) is 21.9. The molecule has 2 aliphatic heterocycles. The van der Waals surface area contributed by atoms with Crippen LogP contribution >= 0.6 is 0 Å². The molecule has 0 saturated carbocycles. The van der Waals surface area contributed by atoms with Crippen LogP contribution in [0.5, 0.6) is 5.75 Å². The minimum absolute atomic E-state index is 0.134. The first-order valence-corrected chi connectivity index (χ1v) is 13.5. The summed E-state index contributed by atoms with van der Waals surface area (Å²) in [5, 5.41) is 0. The second-order valence-electron chi connectivity index (χ2n) is 10.3. The van der Waals surface area contributed by atoms with E-state index in [0.29, 0.717) is 18.9 Å². The SMILES string of the molecule is COc1ccc(CCC(=O)N2CCCN(C(C)C(=O)N3CCC(Cc4ccccc4)CC3)CC2)cc1. The van der Waals surface area contributed by atoms with Gasteiger partial charge < -0.3 is 14.5 Å². The lowest BCUT2D eigenvalue weighted by Crippen LogP contribution is -2.50. The molecule has 6 heteroatoms. The molecule has 36 heavy (non-hydrogen) atoms. The van der Waals surface area contributed by atoms with E-state index in [2.05, 4.69) is 40.1 Å². The maximum Gasteiger partial charge on any atom is 0.239 e. The Kier molecular flexibility index (Phi) is 9.40. The van der Waals surface area contributed by atoms with Crippen molar-refractivity contribution in [1.29, 1.82) is 0 Å². The number of carbonyl (C=O) groups excluding carboxylic acids is 2. The molecule has 2 heterocycles. The highest BCUT2D eigenvalue weighted by Crippen LogP contribution is 2.23. The number of likely N-dealkylation sites (tertiary alicyclic amines) is 1. The summed E-state index contributed by atoms with van der Waals surface area (Å²) in [5.41, 5.74) is 2.54. The molecular formula is C30H41N3O3. The zero-order chi connectivity index (χ0) is 25.3. The van der Waals surface area contributed by atoms with Gasteiger partial charge in [-0.2, -0.15) is 0 Å². The molecule has 1 unspecified atom stereocenters. The third kappa shape index (κ3) is 7.10. The highest BCUT2D eigenvalue weighted by Gasteiger charge is 2.30. The number of nitrogens with zero attached hydrogens (tertiary/aromatic N) is 3. The molecule has 2 amide bonds. The van der Waals surface area contributed by atoms with Crippen LogP contribution in [-0.4, -0.2) is 78.9 Å². The molecule has 194 valence electrons. The zero-order valence-corrected chi connectivity index (χ0v) is 21.9. The Bertz CT molecular complexity index is 971. The lowest BCUT2D eigenvalue weighted by molar-refractivity contribution is -0.137. The van der Waals surface area contributed by atoms with Crippen molar-refractivity contribution in [3.05, 3.63) is 65.7 Å². The molecule has 6 nitrogen and oxygen atoms in total. The van der Waals surface area contributed by atoms with Crippen molar-refractivity contribution < 1.29 is 14.3 Å². The number of rotatable bonds is 8. The van der Waals surface area contributed by atoms with E-state index in [1.165, 1.54) is 5.56 Å². The molecule has 2 aromatic rings. The van der Waals surface area contributed by atoms with Crippen molar-refractivity contribution in [2.24, 2.45) is 5.92 Å². The molecule has 2 aromatic carbocycles. The van der Waals surface area contributed by atoms with Crippen LogP contribution in [0.3, 0.4) is 0 Å². The predicted molar refractivity (Wildman–Crippen MR) is 143 cm³/mol. The van der Waals surface area contributed by atoms with Crippen LogP contribution in [0, 0.1) is 5.92 Å². The van der Waals surface area contributed by atoms with Crippen LogP contribution in [0.4, 0.5) is 0 Å². The van der Waals surface area contributed by atoms with E-state index in [0.717, 1.165) is 76.1 Å². The van der Waals surface area contributed by atoms with Gasteiger partial charge in [0, 0.05) is 45.7 Å². The molecule has 0 aliphatic carbocycles. The molecule has 0 bridgehead atoms. The normalized spacial score (nSPS) is 18.5. The minimum Gasteiger partial charge on any atom is -0.497 e. The van der Waals surface area contributed by atoms with Crippen molar-refractivity contribution >= 4 is 11.8 Å². The predicted octanol–water partition coefficient (Wildman–Crippen LogP) is 4.03. The van der Waals surface area contributed by atoms with Crippen LogP contribution in [0.25, 0.3) is 0 Å². The molecule has 2 aliphatic rings. The van der Waals surface area contributed by atoms with Crippen molar-refractivity contribution in [1.82, 2.24) is 14.7 Å². The number of piperidine rings is 1. The number of benzene rings is 2. The summed E-state index contributed by atoms with van der Waals surface area (Å²) in [4.78, 5) is 32.5. The highest BCUT2D eigenvalue weighted by atomic mass is 16.5. The largest absolute Gasteiger partial charge is 0.497 e. The Hall–Kier alpha value is -2.86. The fourth-order valence-electron chi connectivity index (χ4n) is 5.50. The topological polar surface area (TPSA) is 53.1 Å². The van der Waals surface area contributed by atoms with E-state index >= 15 is 0 Å². The second-order valence-corrected chi connectivity index (χ2v) is 10.3. The highest BCUT2D eigenvalue weighted by molar-refractivity contribution is 5.81. The van der Waals surface area contributed by atoms with Crippen molar-refractivity contribution in [3.8, 4) is 5.75 Å². The Balaban J connectivity index is 1.20. The Labute approximate surface area is 216 Å². The molecule has 4 rings (SSSR count). The van der Waals surface area contributed by atoms with Crippen molar-refractivity contribution in [2.75, 3.05) is 46.4 Å². The number of ether oxygens (including phenoxy) is 1. The summed E-state index contributed by atoms with van der Waals surface area (Å²) >= 11 is 0. The van der Waals surface area contributed by atoms with Crippen LogP contribution in [0.15, 0.2) is 54.6 Å². The number of hydrogen-bond acceptors (Lipinski definition) is 4. The van der Waals surface area contributed by atoms with Gasteiger partial charge in [-0.05, 0) is 68.2 Å². The number of aryl methyl sites for hydroxylation is 1. The number of methoxy groups -OCH3 is 1. The smallest absolute Gasteiger partial charge is 0.239 e. The first-order chi connectivity index (χ1) is 17.5. The molecule has 2 fully saturated rings. The Morgan fingerprint density at radius 1 is 0.861 bits per heavy atom. The lowest BCUT2D eigenvalue weighted by atomic mass is 9.90. The van der Waals surface area contributed by atoms with Gasteiger partial charge >= 0.3 is 0 Å². The molecule has 2 saturated heterocycles. The molecule has 0 radical (unpaired) electrons. The number of carbonyl (C=O) groups is 2. The van der Waals surface area contributed by atoms with E-state index in [-0.39, 0.29) is 17.9 Å². The molecular weight excluding hydrogens is 450 g/mol. The summed E-state index contributed by atoms with van der Waals surface area (Å²) in [6.45, 7) is 6.82. The summed E-state index contributed by atoms with van der Waals surface area (Å²) in [7, 11) is 1.66. The monoisotopic (exact) mass is 491 g/mol. The fraction of sp³-hybridized carbons (Fsp3) is 0.533. The van der Waals surface area contributed by atoms with Gasteiger partial charge in [0.1, 0.15) is 5.75 Å². The maximum atomic E-state index is 13.3. The van der Waals surface area contributed by atoms with Gasteiger partial charge in [-0.3, -0.25) is 14.5 Å². The summed E-state index contributed by atoms with van der Waals surface area (Å²) in [5.74, 6) is 1.93. The average Bonchev–Trinajstić information content (AvgIpc) is 3.19. The van der Waals surface area contributed by atoms with Crippen molar-refractivity contribution in [3.63, 3.8) is 0 Å². The van der Waals surface area contributed by atoms with Crippen LogP contribution in [0.1, 0.15) is 43.7 Å². The third-order valence-corrected chi connectivity index (χ3v) is 7.87. The lowest BCUT2D eigenvalue weighted by Gasteiger charge is -2.36. The molecule has 0 aromatic heterocycles. The van der Waals surface area contributed by atoms with Crippen molar-refractivity contribution in [2.45, 2.75) is 51.5 Å². The van der Waals surface area contributed by atoms with Gasteiger partial charge in [0.05, 0.1) is 13.2 Å². The summed E-state index contributed by atoms with van der Waals surface area (Å²) in [6, 6.07) is 18.5. The third-order valence-electron chi connectivity index (χ3n) is 7.87. The van der Waals surface area contributed by atoms with E-state index in [9.17, 15) is 9.59 Å². The molecule has 0 spiro atoms. The summed E-state index contributed by atoms with van der Waals surface area (Å²) in [6.07, 6.45) is 5.41. The van der Waals surface area contributed by atoms with Crippen LogP contribution in [-0.2, 0) is 22.4 Å². The van der Waals surface area contributed by atoms with E-state index in [4.69, 9.17) is 4.74 Å². The van der Waals surface area contributed by atoms with Gasteiger partial charge in [-0.1, -0.05) is 42.5 Å². The first kappa shape index (κ1) is 26.2. The van der Waals surface area contributed by atoms with Gasteiger partial charge in [0.25, 0.3) is 0 Å². The number of amides is 2. The van der Waals surface area contributed by atoms with Gasteiger partial charge in [0.2, 0.25) is 11.8 Å². The maximum absolute atomic E-state index is 13.3. The quantitative estimate of drug-likeness (QED) is 0.560. The summed E-state index contributed by atoms with van der Waals surface area (Å²) < 4.78 is 5.21. The molecule has 1 atom stereocenters. The minimum atomic E-state index is -0.134. The van der Waals surface area contributed by atoms with Gasteiger partial charge in [0.15, 0.2) is 0 Å². The van der Waals surface area contributed by atoms with Gasteiger partial charge in [-0.25, -0.2) is 0 Å². The molecule has 0 N–H and O–H groups in total. The van der Waals surface area contributed by atoms with Gasteiger partial charge in [-0.15, -0.1) is 0 Å². The first-order valence-electron chi connectivity index (χ1n) is 13.5. The Morgan fingerprint density at radius 3 is 2.28 bits per heavy atom. The van der Waals surface area contributed by atoms with Crippen LogP contribution in [0.2, 0.25) is 0 Å². The van der Waals surface area contributed by atoms with E-state index in [1.807, 2.05) is 36.1 Å². The van der Waals surface area contributed by atoms with Crippen LogP contribution < -0.4 is 4.74 Å². The standard InChI is InChI=1S/C30H41N3O3/c1-24(30(35)33-19-15-27(16-20-33)23-26-7-4-3-5-8-26)31-17-6-18-32(22-21-31)29(34)14-11-25-9-12-28(36-2)13-10-25/h3-5,7-10,12-13,24,27H,6,11,14-23H2,1-2H3. The fourth-order valence-corrected chi connectivity index (χ4v) is 5.50.